The van der Waals surface area contributed by atoms with Crippen LogP contribution in [0.1, 0.15) is 46.0 Å². The molecule has 0 aromatic heterocycles. The standard InChI is InChI=1S/C13H28N2O/c1-11(16-4)13(2,10-14)15(3)12-8-6-5-7-9-12/h11-12H,5-10,14H2,1-4H3. The molecule has 2 N–H and O–H groups in total. The summed E-state index contributed by atoms with van der Waals surface area (Å²) in [7, 11) is 3.98. The summed E-state index contributed by atoms with van der Waals surface area (Å²) >= 11 is 0. The van der Waals surface area contributed by atoms with Crippen LogP contribution in [0, 0.1) is 0 Å². The second-order valence-electron chi connectivity index (χ2n) is 5.34. The van der Waals surface area contributed by atoms with Crippen LogP contribution in [-0.4, -0.2) is 43.3 Å². The van der Waals surface area contributed by atoms with Crippen LogP contribution < -0.4 is 5.73 Å². The van der Waals surface area contributed by atoms with Gasteiger partial charge >= 0.3 is 0 Å². The van der Waals surface area contributed by atoms with Gasteiger partial charge < -0.3 is 10.5 Å². The fourth-order valence-corrected chi connectivity index (χ4v) is 2.74. The van der Waals surface area contributed by atoms with Crippen molar-refractivity contribution in [2.75, 3.05) is 20.7 Å². The van der Waals surface area contributed by atoms with Crippen LogP contribution in [0.2, 0.25) is 0 Å². The average molecular weight is 228 g/mol. The van der Waals surface area contributed by atoms with Gasteiger partial charge in [-0.1, -0.05) is 19.3 Å². The molecule has 0 radical (unpaired) electrons. The van der Waals surface area contributed by atoms with Gasteiger partial charge in [-0.05, 0) is 33.7 Å². The molecule has 2 atom stereocenters. The maximum Gasteiger partial charge on any atom is 0.0736 e. The van der Waals surface area contributed by atoms with E-state index in [2.05, 4.69) is 25.8 Å². The molecule has 0 aliphatic heterocycles. The van der Waals surface area contributed by atoms with E-state index in [1.54, 1.807) is 7.11 Å². The smallest absolute Gasteiger partial charge is 0.0736 e. The second kappa shape index (κ2) is 5.99. The Bertz CT molecular complexity index is 204. The maximum absolute atomic E-state index is 5.97. The van der Waals surface area contributed by atoms with E-state index in [-0.39, 0.29) is 11.6 Å². The van der Waals surface area contributed by atoms with Gasteiger partial charge in [-0.25, -0.2) is 0 Å². The number of ether oxygens (including phenoxy) is 1. The van der Waals surface area contributed by atoms with Crippen molar-refractivity contribution in [3.63, 3.8) is 0 Å². The molecule has 1 aliphatic rings. The number of hydrogen-bond acceptors (Lipinski definition) is 3. The molecule has 1 saturated carbocycles. The fraction of sp³-hybridized carbons (Fsp3) is 1.00. The zero-order chi connectivity index (χ0) is 12.2. The van der Waals surface area contributed by atoms with E-state index in [4.69, 9.17) is 10.5 Å². The Morgan fingerprint density at radius 3 is 2.38 bits per heavy atom. The monoisotopic (exact) mass is 228 g/mol. The van der Waals surface area contributed by atoms with Gasteiger partial charge in [-0.3, -0.25) is 4.90 Å². The molecule has 1 fully saturated rings. The van der Waals surface area contributed by atoms with Crippen LogP contribution in [0.4, 0.5) is 0 Å². The lowest BCUT2D eigenvalue weighted by Gasteiger charge is -2.47. The van der Waals surface area contributed by atoms with Gasteiger partial charge in [0.25, 0.3) is 0 Å². The van der Waals surface area contributed by atoms with Gasteiger partial charge in [0, 0.05) is 19.7 Å². The molecule has 0 bridgehead atoms. The minimum Gasteiger partial charge on any atom is -0.380 e. The van der Waals surface area contributed by atoms with Gasteiger partial charge in [0.1, 0.15) is 0 Å². The van der Waals surface area contributed by atoms with Crippen molar-refractivity contribution in [3.05, 3.63) is 0 Å². The van der Waals surface area contributed by atoms with E-state index in [0.717, 1.165) is 0 Å². The molecule has 96 valence electrons. The lowest BCUT2D eigenvalue weighted by molar-refractivity contribution is -0.0436. The van der Waals surface area contributed by atoms with E-state index >= 15 is 0 Å². The van der Waals surface area contributed by atoms with Crippen molar-refractivity contribution < 1.29 is 4.74 Å². The highest BCUT2D eigenvalue weighted by Gasteiger charge is 2.38. The first-order valence-electron chi connectivity index (χ1n) is 6.52. The third-order valence-electron chi connectivity index (χ3n) is 4.57. The molecule has 1 rings (SSSR count). The second-order valence-corrected chi connectivity index (χ2v) is 5.34. The third kappa shape index (κ3) is 2.76. The van der Waals surface area contributed by atoms with Crippen LogP contribution >= 0.6 is 0 Å². The number of methoxy groups -OCH3 is 1. The van der Waals surface area contributed by atoms with Crippen LogP contribution in [0.25, 0.3) is 0 Å². The van der Waals surface area contributed by atoms with Crippen LogP contribution in [0.3, 0.4) is 0 Å². The summed E-state index contributed by atoms with van der Waals surface area (Å²) in [5.74, 6) is 0. The molecule has 0 aromatic rings. The Morgan fingerprint density at radius 2 is 1.94 bits per heavy atom. The predicted molar refractivity (Wildman–Crippen MR) is 68.6 cm³/mol. The number of rotatable bonds is 5. The van der Waals surface area contributed by atoms with Crippen molar-refractivity contribution >= 4 is 0 Å². The van der Waals surface area contributed by atoms with Crippen molar-refractivity contribution in [3.8, 4) is 0 Å². The Kier molecular flexibility index (Phi) is 5.22. The Labute approximate surface area is 100 Å². The van der Waals surface area contributed by atoms with Gasteiger partial charge in [-0.2, -0.15) is 0 Å². The third-order valence-corrected chi connectivity index (χ3v) is 4.57. The van der Waals surface area contributed by atoms with Crippen LogP contribution in [-0.2, 0) is 4.74 Å². The number of likely N-dealkylation sites (N-methyl/N-ethyl adjacent to an activating group) is 1. The summed E-state index contributed by atoms with van der Waals surface area (Å²) < 4.78 is 5.50. The minimum absolute atomic E-state index is 0.0449. The normalized spacial score (nSPS) is 24.4. The van der Waals surface area contributed by atoms with Gasteiger partial charge in [0.2, 0.25) is 0 Å². The Balaban J connectivity index is 2.69. The molecule has 0 heterocycles. The zero-order valence-corrected chi connectivity index (χ0v) is 11.3. The molecule has 2 unspecified atom stereocenters. The molecule has 1 aliphatic carbocycles. The molecule has 16 heavy (non-hydrogen) atoms. The predicted octanol–water partition coefficient (Wildman–Crippen LogP) is 2.00. The summed E-state index contributed by atoms with van der Waals surface area (Å²) in [5.41, 5.74) is 5.92. The largest absolute Gasteiger partial charge is 0.380 e. The zero-order valence-electron chi connectivity index (χ0n) is 11.3. The first kappa shape index (κ1) is 13.9. The number of nitrogens with two attached hydrogens (primary N) is 1. The lowest BCUT2D eigenvalue weighted by Crippen LogP contribution is -2.60. The number of hydrogen-bond donors (Lipinski definition) is 1. The highest BCUT2D eigenvalue weighted by Crippen LogP contribution is 2.29. The van der Waals surface area contributed by atoms with Crippen molar-refractivity contribution in [2.24, 2.45) is 5.73 Å². The van der Waals surface area contributed by atoms with E-state index in [0.29, 0.717) is 12.6 Å². The highest BCUT2D eigenvalue weighted by atomic mass is 16.5. The van der Waals surface area contributed by atoms with Crippen LogP contribution in [0.15, 0.2) is 0 Å². The van der Waals surface area contributed by atoms with Gasteiger partial charge in [0.15, 0.2) is 0 Å². The van der Waals surface area contributed by atoms with E-state index in [1.165, 1.54) is 32.1 Å². The number of nitrogens with zero attached hydrogens (tertiary/aromatic N) is 1. The molecule has 0 saturated heterocycles. The SMILES string of the molecule is COC(C)C(C)(CN)N(C)C1CCCCC1. The van der Waals surface area contributed by atoms with Crippen LogP contribution in [0.5, 0.6) is 0 Å². The Morgan fingerprint density at radius 1 is 1.38 bits per heavy atom. The van der Waals surface area contributed by atoms with Gasteiger partial charge in [0.05, 0.1) is 11.6 Å². The quantitative estimate of drug-likeness (QED) is 0.782. The summed E-state index contributed by atoms with van der Waals surface area (Å²) in [6, 6.07) is 0.680. The molecule has 0 aromatic carbocycles. The summed E-state index contributed by atoms with van der Waals surface area (Å²) in [6.07, 6.45) is 6.90. The van der Waals surface area contributed by atoms with Crippen molar-refractivity contribution in [2.45, 2.75) is 63.6 Å². The molecular weight excluding hydrogens is 200 g/mol. The maximum atomic E-state index is 5.97. The molecular formula is C13H28N2O. The lowest BCUT2D eigenvalue weighted by atomic mass is 9.87. The summed E-state index contributed by atoms with van der Waals surface area (Å²) in [4.78, 5) is 2.46. The van der Waals surface area contributed by atoms with Crippen molar-refractivity contribution in [1.82, 2.24) is 4.90 Å². The molecule has 0 amide bonds. The summed E-state index contributed by atoms with van der Waals surface area (Å²) in [5, 5.41) is 0. The fourth-order valence-electron chi connectivity index (χ4n) is 2.74. The average Bonchev–Trinajstić information content (AvgIpc) is 2.36. The first-order valence-corrected chi connectivity index (χ1v) is 6.52. The van der Waals surface area contributed by atoms with Crippen molar-refractivity contribution in [1.29, 1.82) is 0 Å². The van der Waals surface area contributed by atoms with E-state index in [9.17, 15) is 0 Å². The van der Waals surface area contributed by atoms with Gasteiger partial charge in [-0.15, -0.1) is 0 Å². The highest BCUT2D eigenvalue weighted by molar-refractivity contribution is 4.95. The van der Waals surface area contributed by atoms with E-state index < -0.39 is 0 Å². The molecule has 3 nitrogen and oxygen atoms in total. The van der Waals surface area contributed by atoms with E-state index in [1.807, 2.05) is 0 Å². The summed E-state index contributed by atoms with van der Waals surface area (Å²) in [6.45, 7) is 4.98. The molecule has 3 heteroatoms. The Hall–Kier alpha value is -0.120. The topological polar surface area (TPSA) is 38.5 Å². The minimum atomic E-state index is -0.0449. The first-order chi connectivity index (χ1) is 7.56. The molecule has 0 spiro atoms.